The molecule has 1 N–H and O–H groups in total. The average molecular weight is 301 g/mol. The highest BCUT2D eigenvalue weighted by molar-refractivity contribution is 5.40. The number of fused-ring (bicyclic) bond motifs is 2. The van der Waals surface area contributed by atoms with Gasteiger partial charge in [0.2, 0.25) is 0 Å². The zero-order valence-corrected chi connectivity index (χ0v) is 11.7. The Labute approximate surface area is 121 Å². The lowest BCUT2D eigenvalue weighted by Gasteiger charge is -2.42. The van der Waals surface area contributed by atoms with Crippen LogP contribution in [0.2, 0.25) is 0 Å². The van der Waals surface area contributed by atoms with Crippen molar-refractivity contribution < 1.29 is 23.0 Å². The molecule has 2 aliphatic rings. The first kappa shape index (κ1) is 14.7. The molecule has 116 valence electrons. The second kappa shape index (κ2) is 5.18. The van der Waals surface area contributed by atoms with Gasteiger partial charge in [-0.25, -0.2) is 4.39 Å². The van der Waals surface area contributed by atoms with E-state index in [4.69, 9.17) is 0 Å². The number of hydrogen-bond acceptors (Lipinski definition) is 3. The van der Waals surface area contributed by atoms with E-state index in [1.54, 1.807) is 0 Å². The van der Waals surface area contributed by atoms with E-state index in [0.29, 0.717) is 12.8 Å². The van der Waals surface area contributed by atoms with Gasteiger partial charge in [0.05, 0.1) is 11.2 Å². The summed E-state index contributed by atoms with van der Waals surface area (Å²) in [6.45, 7) is -3.04. The molecule has 0 saturated carbocycles. The van der Waals surface area contributed by atoms with Crippen LogP contribution in [0.15, 0.2) is 18.2 Å². The zero-order chi connectivity index (χ0) is 15.2. The zero-order valence-electron chi connectivity index (χ0n) is 11.7. The largest absolute Gasteiger partial charge is 0.434 e. The summed E-state index contributed by atoms with van der Waals surface area (Å²) in [7, 11) is 1.99. The monoisotopic (exact) mass is 301 g/mol. The molecule has 2 fully saturated rings. The molecule has 0 spiro atoms. The standard InChI is InChI=1S/C15H18F3NO2/c1-19-9-5-6-10(19)8-15(20,7-9)13-11(16)3-2-4-12(13)21-14(17)18/h2-4,9-10,14,20H,5-8H2,1H3. The number of halogens is 3. The SMILES string of the molecule is CN1C2CCC1CC(O)(c1c(F)cccc1OC(F)F)C2. The third-order valence-corrected chi connectivity index (χ3v) is 4.79. The fourth-order valence-corrected chi connectivity index (χ4v) is 3.80. The van der Waals surface area contributed by atoms with Crippen LogP contribution < -0.4 is 4.74 Å². The maximum atomic E-state index is 14.2. The first-order chi connectivity index (χ1) is 9.90. The Kier molecular flexibility index (Phi) is 3.61. The minimum atomic E-state index is -3.04. The van der Waals surface area contributed by atoms with Crippen molar-refractivity contribution >= 4 is 0 Å². The van der Waals surface area contributed by atoms with Gasteiger partial charge in [-0.3, -0.25) is 0 Å². The summed E-state index contributed by atoms with van der Waals surface area (Å²) in [6.07, 6.45) is 2.53. The van der Waals surface area contributed by atoms with E-state index < -0.39 is 18.0 Å². The van der Waals surface area contributed by atoms with Crippen molar-refractivity contribution in [1.82, 2.24) is 4.90 Å². The van der Waals surface area contributed by atoms with Crippen molar-refractivity contribution in [2.45, 2.75) is 50.0 Å². The Hall–Kier alpha value is -1.27. The van der Waals surface area contributed by atoms with Gasteiger partial charge in [-0.15, -0.1) is 0 Å². The molecule has 0 aliphatic carbocycles. The quantitative estimate of drug-likeness (QED) is 0.932. The fourth-order valence-electron chi connectivity index (χ4n) is 3.80. The second-order valence-corrected chi connectivity index (χ2v) is 5.98. The van der Waals surface area contributed by atoms with Crippen LogP contribution in [0.3, 0.4) is 0 Å². The smallest absolute Gasteiger partial charge is 0.387 e. The Morgan fingerprint density at radius 2 is 1.90 bits per heavy atom. The lowest BCUT2D eigenvalue weighted by atomic mass is 9.80. The molecule has 2 atom stereocenters. The first-order valence-electron chi connectivity index (χ1n) is 7.09. The fraction of sp³-hybridized carbons (Fsp3) is 0.600. The molecule has 3 rings (SSSR count). The highest BCUT2D eigenvalue weighted by Gasteiger charge is 2.49. The molecule has 1 aromatic rings. The number of nitrogens with zero attached hydrogens (tertiary/aromatic N) is 1. The van der Waals surface area contributed by atoms with E-state index in [9.17, 15) is 18.3 Å². The topological polar surface area (TPSA) is 32.7 Å². The minimum absolute atomic E-state index is 0.129. The maximum Gasteiger partial charge on any atom is 0.387 e. The van der Waals surface area contributed by atoms with Crippen molar-refractivity contribution in [1.29, 1.82) is 0 Å². The average Bonchev–Trinajstić information content (AvgIpc) is 2.61. The lowest BCUT2D eigenvalue weighted by Crippen LogP contribution is -2.48. The van der Waals surface area contributed by atoms with Gasteiger partial charge in [-0.05, 0) is 44.9 Å². The lowest BCUT2D eigenvalue weighted by molar-refractivity contribution is -0.0696. The van der Waals surface area contributed by atoms with E-state index >= 15 is 0 Å². The molecule has 2 heterocycles. The predicted molar refractivity (Wildman–Crippen MR) is 70.7 cm³/mol. The van der Waals surface area contributed by atoms with Gasteiger partial charge >= 0.3 is 6.61 Å². The van der Waals surface area contributed by atoms with Crippen molar-refractivity contribution in [2.24, 2.45) is 0 Å². The summed E-state index contributed by atoms with van der Waals surface area (Å²) in [5.74, 6) is -0.962. The van der Waals surface area contributed by atoms with Gasteiger partial charge < -0.3 is 14.7 Å². The third-order valence-electron chi connectivity index (χ3n) is 4.79. The molecular formula is C15H18F3NO2. The van der Waals surface area contributed by atoms with Crippen LogP contribution in [-0.4, -0.2) is 35.7 Å². The van der Waals surface area contributed by atoms with E-state index in [-0.39, 0.29) is 23.4 Å². The van der Waals surface area contributed by atoms with Gasteiger partial charge in [0.25, 0.3) is 0 Å². The molecular weight excluding hydrogens is 283 g/mol. The number of alkyl halides is 2. The number of ether oxygens (including phenoxy) is 1. The van der Waals surface area contributed by atoms with Gasteiger partial charge in [0.1, 0.15) is 11.6 Å². The summed E-state index contributed by atoms with van der Waals surface area (Å²) >= 11 is 0. The van der Waals surface area contributed by atoms with E-state index in [0.717, 1.165) is 12.8 Å². The van der Waals surface area contributed by atoms with Crippen molar-refractivity contribution in [3.63, 3.8) is 0 Å². The number of piperidine rings is 1. The molecule has 0 radical (unpaired) electrons. The molecule has 1 aromatic carbocycles. The van der Waals surface area contributed by atoms with E-state index in [1.165, 1.54) is 18.2 Å². The Balaban J connectivity index is 1.99. The number of hydrogen-bond donors (Lipinski definition) is 1. The van der Waals surface area contributed by atoms with Crippen molar-refractivity contribution in [2.75, 3.05) is 7.05 Å². The van der Waals surface area contributed by atoms with Gasteiger partial charge in [-0.1, -0.05) is 6.07 Å². The summed E-state index contributed by atoms with van der Waals surface area (Å²) in [5, 5.41) is 10.9. The van der Waals surface area contributed by atoms with Crippen LogP contribution in [0.1, 0.15) is 31.2 Å². The normalized spacial score (nSPS) is 32.7. The Morgan fingerprint density at radius 3 is 2.48 bits per heavy atom. The van der Waals surface area contributed by atoms with Crippen LogP contribution in [0.4, 0.5) is 13.2 Å². The van der Waals surface area contributed by atoms with E-state index in [2.05, 4.69) is 9.64 Å². The predicted octanol–water partition coefficient (Wildman–Crippen LogP) is 2.87. The van der Waals surface area contributed by atoms with E-state index in [1.807, 2.05) is 7.05 Å². The van der Waals surface area contributed by atoms with Crippen LogP contribution in [0, 0.1) is 5.82 Å². The molecule has 6 heteroatoms. The molecule has 3 nitrogen and oxygen atoms in total. The molecule has 2 unspecified atom stereocenters. The van der Waals surface area contributed by atoms with Gasteiger partial charge in [0.15, 0.2) is 0 Å². The Bertz CT molecular complexity index is 524. The van der Waals surface area contributed by atoms with Crippen LogP contribution >= 0.6 is 0 Å². The number of aliphatic hydroxyl groups is 1. The summed E-state index contributed by atoms with van der Waals surface area (Å²) < 4.78 is 43.7. The summed E-state index contributed by atoms with van der Waals surface area (Å²) in [6, 6.07) is 4.05. The minimum Gasteiger partial charge on any atom is -0.434 e. The van der Waals surface area contributed by atoms with Crippen LogP contribution in [0.5, 0.6) is 5.75 Å². The van der Waals surface area contributed by atoms with Gasteiger partial charge in [0, 0.05) is 12.1 Å². The van der Waals surface area contributed by atoms with Crippen molar-refractivity contribution in [3.05, 3.63) is 29.6 Å². The van der Waals surface area contributed by atoms with Gasteiger partial charge in [-0.2, -0.15) is 8.78 Å². The highest BCUT2D eigenvalue weighted by atomic mass is 19.3. The van der Waals surface area contributed by atoms with Crippen LogP contribution in [0.25, 0.3) is 0 Å². The second-order valence-electron chi connectivity index (χ2n) is 5.98. The van der Waals surface area contributed by atoms with Crippen LogP contribution in [-0.2, 0) is 5.60 Å². The molecule has 2 saturated heterocycles. The molecule has 2 aliphatic heterocycles. The number of benzene rings is 1. The highest BCUT2D eigenvalue weighted by Crippen LogP contribution is 2.48. The molecule has 21 heavy (non-hydrogen) atoms. The Morgan fingerprint density at radius 1 is 1.29 bits per heavy atom. The first-order valence-corrected chi connectivity index (χ1v) is 7.09. The molecule has 2 bridgehead atoms. The maximum absolute atomic E-state index is 14.2. The van der Waals surface area contributed by atoms with Crippen molar-refractivity contribution in [3.8, 4) is 5.75 Å². The third kappa shape index (κ3) is 2.51. The molecule has 0 amide bonds. The number of rotatable bonds is 3. The molecule has 0 aromatic heterocycles. The summed E-state index contributed by atoms with van der Waals surface area (Å²) in [4.78, 5) is 2.18. The summed E-state index contributed by atoms with van der Waals surface area (Å²) in [5.41, 5.74) is -1.58.